The van der Waals surface area contributed by atoms with Gasteiger partial charge in [0.1, 0.15) is 5.56 Å². The average molecular weight is 395 g/mol. The third-order valence-corrected chi connectivity index (χ3v) is 3.60. The van der Waals surface area contributed by atoms with E-state index in [-0.39, 0.29) is 34.5 Å². The van der Waals surface area contributed by atoms with E-state index in [1.54, 1.807) is 6.92 Å². The first kappa shape index (κ1) is 23.4. The number of rotatable bonds is 6. The van der Waals surface area contributed by atoms with Crippen LogP contribution < -0.4 is 5.55 Å². The minimum atomic E-state index is -0.829. The number of carbonyl (C=O) groups excluding carboxylic acids is 3. The molecular weight excluding hydrogens is 366 g/mol. The molecule has 0 aromatic carbocycles. The van der Waals surface area contributed by atoms with Crippen LogP contribution in [-0.4, -0.2) is 44.3 Å². The summed E-state index contributed by atoms with van der Waals surface area (Å²) in [5.74, 6) is -2.70. The summed E-state index contributed by atoms with van der Waals surface area (Å²) in [4.78, 5) is 41.4. The van der Waals surface area contributed by atoms with E-state index >= 15 is 0 Å². The Morgan fingerprint density at radius 1 is 1.00 bits per heavy atom. The molecular formula is C20H29NO7. The molecule has 0 amide bonds. The molecule has 0 aliphatic carbocycles. The standard InChI is InChI=1S/C20H29NO7/c1-9-27-17(23)13-10-12(16(22)25-7)14(18(24)26-8)15(28-13)21-20(5,6)11-19(2,3)4/h10H,9,11H2,1-8H3. The Kier molecular flexibility index (Phi) is 7.55. The molecule has 0 aliphatic rings. The summed E-state index contributed by atoms with van der Waals surface area (Å²) in [5.41, 5.74) is -1.31. The first-order chi connectivity index (χ1) is 12.8. The van der Waals surface area contributed by atoms with Crippen molar-refractivity contribution < 1.29 is 33.0 Å². The van der Waals surface area contributed by atoms with Crippen LogP contribution >= 0.6 is 0 Å². The van der Waals surface area contributed by atoms with Gasteiger partial charge in [0.15, 0.2) is 0 Å². The number of esters is 3. The highest BCUT2D eigenvalue weighted by molar-refractivity contribution is 6.03. The number of hydrogen-bond donors (Lipinski definition) is 0. The second-order valence-electron chi connectivity index (χ2n) is 8.07. The number of carbonyl (C=O) groups is 3. The van der Waals surface area contributed by atoms with Crippen LogP contribution in [0.15, 0.2) is 15.5 Å². The van der Waals surface area contributed by atoms with Crippen molar-refractivity contribution in [2.45, 2.75) is 53.5 Å². The molecule has 0 saturated carbocycles. The van der Waals surface area contributed by atoms with Crippen LogP contribution in [0.4, 0.5) is 0 Å². The van der Waals surface area contributed by atoms with Crippen molar-refractivity contribution in [2.24, 2.45) is 10.4 Å². The molecule has 28 heavy (non-hydrogen) atoms. The predicted octanol–water partition coefficient (Wildman–Crippen LogP) is 3.15. The Morgan fingerprint density at radius 3 is 2.04 bits per heavy atom. The summed E-state index contributed by atoms with van der Waals surface area (Å²) < 4.78 is 20.1. The van der Waals surface area contributed by atoms with Gasteiger partial charge in [0.2, 0.25) is 11.3 Å². The first-order valence-electron chi connectivity index (χ1n) is 8.93. The summed E-state index contributed by atoms with van der Waals surface area (Å²) in [6.07, 6.45) is 0.646. The van der Waals surface area contributed by atoms with Crippen molar-refractivity contribution in [3.63, 3.8) is 0 Å². The summed E-state index contributed by atoms with van der Waals surface area (Å²) in [6.45, 7) is 11.6. The number of ether oxygens (including phenoxy) is 3. The zero-order chi connectivity index (χ0) is 21.7. The molecule has 8 nitrogen and oxygen atoms in total. The number of nitrogens with zero attached hydrogens (tertiary/aromatic N) is 1. The normalized spacial score (nSPS) is 12.5. The Labute approximate surface area is 164 Å². The molecule has 1 aromatic heterocycles. The minimum absolute atomic E-state index is 0.0671. The molecule has 0 atom stereocenters. The van der Waals surface area contributed by atoms with E-state index in [4.69, 9.17) is 18.6 Å². The lowest BCUT2D eigenvalue weighted by atomic mass is 9.82. The van der Waals surface area contributed by atoms with Crippen molar-refractivity contribution in [3.05, 3.63) is 28.5 Å². The molecule has 8 heteroatoms. The summed E-state index contributed by atoms with van der Waals surface area (Å²) >= 11 is 0. The van der Waals surface area contributed by atoms with Gasteiger partial charge < -0.3 is 18.6 Å². The van der Waals surface area contributed by atoms with Gasteiger partial charge in [0.25, 0.3) is 0 Å². The van der Waals surface area contributed by atoms with Gasteiger partial charge in [-0.1, -0.05) is 20.8 Å². The molecule has 0 radical (unpaired) electrons. The highest BCUT2D eigenvalue weighted by Crippen LogP contribution is 2.29. The van der Waals surface area contributed by atoms with Crippen LogP contribution in [0.2, 0.25) is 0 Å². The van der Waals surface area contributed by atoms with E-state index in [9.17, 15) is 14.4 Å². The maximum Gasteiger partial charge on any atom is 0.374 e. The van der Waals surface area contributed by atoms with E-state index < -0.39 is 23.4 Å². The van der Waals surface area contributed by atoms with E-state index in [0.717, 1.165) is 13.2 Å². The molecule has 0 aliphatic heterocycles. The SMILES string of the molecule is CCOC(=O)c1cc(C(=O)OC)c(C(=O)OC)c(=NC(C)(C)CC(C)(C)C)o1. The van der Waals surface area contributed by atoms with Crippen molar-refractivity contribution in [2.75, 3.05) is 20.8 Å². The van der Waals surface area contributed by atoms with Crippen LogP contribution in [0.3, 0.4) is 0 Å². The third kappa shape index (κ3) is 6.21. The van der Waals surface area contributed by atoms with E-state index in [1.165, 1.54) is 7.11 Å². The molecule has 0 fully saturated rings. The Hall–Kier alpha value is -2.64. The van der Waals surface area contributed by atoms with E-state index in [1.807, 2.05) is 13.8 Å². The molecule has 0 N–H and O–H groups in total. The van der Waals surface area contributed by atoms with Gasteiger partial charge in [-0.05, 0) is 32.6 Å². The van der Waals surface area contributed by atoms with Crippen molar-refractivity contribution in [1.29, 1.82) is 0 Å². The summed E-state index contributed by atoms with van der Waals surface area (Å²) in [5, 5.41) is 0. The molecule has 1 rings (SSSR count). The molecule has 156 valence electrons. The van der Waals surface area contributed by atoms with Gasteiger partial charge in [-0.3, -0.25) is 0 Å². The zero-order valence-electron chi connectivity index (χ0n) is 17.8. The smallest absolute Gasteiger partial charge is 0.374 e. The monoisotopic (exact) mass is 395 g/mol. The van der Waals surface area contributed by atoms with Crippen molar-refractivity contribution in [1.82, 2.24) is 0 Å². The zero-order valence-corrected chi connectivity index (χ0v) is 17.8. The van der Waals surface area contributed by atoms with Gasteiger partial charge in [0.05, 0.1) is 31.9 Å². The fraction of sp³-hybridized carbons (Fsp3) is 0.600. The fourth-order valence-corrected chi connectivity index (χ4v) is 3.07. The average Bonchev–Trinajstić information content (AvgIpc) is 2.57. The van der Waals surface area contributed by atoms with Gasteiger partial charge >= 0.3 is 17.9 Å². The Morgan fingerprint density at radius 2 is 1.57 bits per heavy atom. The van der Waals surface area contributed by atoms with Gasteiger partial charge in [-0.25, -0.2) is 19.4 Å². The first-order valence-corrected chi connectivity index (χ1v) is 8.93. The molecule has 0 unspecified atom stereocenters. The van der Waals surface area contributed by atoms with E-state index in [0.29, 0.717) is 6.42 Å². The maximum absolute atomic E-state index is 12.4. The molecule has 1 heterocycles. The lowest BCUT2D eigenvalue weighted by molar-refractivity contribution is 0.0472. The molecule has 1 aromatic rings. The minimum Gasteiger partial charge on any atom is -0.465 e. The number of methoxy groups -OCH3 is 2. The fourth-order valence-electron chi connectivity index (χ4n) is 3.07. The maximum atomic E-state index is 12.4. The van der Waals surface area contributed by atoms with Crippen molar-refractivity contribution in [3.8, 4) is 0 Å². The van der Waals surface area contributed by atoms with Crippen LogP contribution in [0.5, 0.6) is 0 Å². The molecule has 0 saturated heterocycles. The third-order valence-electron chi connectivity index (χ3n) is 3.60. The van der Waals surface area contributed by atoms with Gasteiger partial charge in [0, 0.05) is 6.07 Å². The van der Waals surface area contributed by atoms with Crippen LogP contribution in [0.25, 0.3) is 0 Å². The van der Waals surface area contributed by atoms with Crippen LogP contribution in [-0.2, 0) is 14.2 Å². The second kappa shape index (κ2) is 9.03. The largest absolute Gasteiger partial charge is 0.465 e. The van der Waals surface area contributed by atoms with Crippen LogP contribution in [0.1, 0.15) is 79.2 Å². The summed E-state index contributed by atoms with van der Waals surface area (Å²) in [7, 11) is 2.34. The quantitative estimate of drug-likeness (QED) is 0.538. The highest BCUT2D eigenvalue weighted by atomic mass is 16.5. The van der Waals surface area contributed by atoms with Gasteiger partial charge in [-0.2, -0.15) is 0 Å². The second-order valence-corrected chi connectivity index (χ2v) is 8.07. The lowest BCUT2D eigenvalue weighted by Crippen LogP contribution is -2.31. The summed E-state index contributed by atoms with van der Waals surface area (Å²) in [6, 6.07) is 1.10. The topological polar surface area (TPSA) is 104 Å². The van der Waals surface area contributed by atoms with Gasteiger partial charge in [-0.15, -0.1) is 0 Å². The molecule has 0 spiro atoms. The van der Waals surface area contributed by atoms with E-state index in [2.05, 4.69) is 25.8 Å². The van der Waals surface area contributed by atoms with Crippen molar-refractivity contribution >= 4 is 17.9 Å². The van der Waals surface area contributed by atoms with Crippen LogP contribution in [0, 0.1) is 5.41 Å². The highest BCUT2D eigenvalue weighted by Gasteiger charge is 2.30. The Bertz CT molecular complexity index is 813. The molecule has 0 bridgehead atoms. The Balaban J connectivity index is 3.86. The lowest BCUT2D eigenvalue weighted by Gasteiger charge is -2.28. The predicted molar refractivity (Wildman–Crippen MR) is 101 cm³/mol. The number of hydrogen-bond acceptors (Lipinski definition) is 8.